The first-order valence-corrected chi connectivity index (χ1v) is 7.57. The zero-order valence-electron chi connectivity index (χ0n) is 11.8. The molecule has 0 bridgehead atoms. The molecule has 1 aromatic carbocycles. The first-order valence-electron chi connectivity index (χ1n) is 7.57. The zero-order chi connectivity index (χ0) is 13.1. The SMILES string of the molecule is CCCCCc1ccc2c(c1)CC=C1CC=CC=C12. The Morgan fingerprint density at radius 2 is 2.05 bits per heavy atom. The fourth-order valence-electron chi connectivity index (χ4n) is 3.08. The van der Waals surface area contributed by atoms with E-state index in [1.54, 1.807) is 0 Å². The van der Waals surface area contributed by atoms with Crippen LogP contribution in [0.15, 0.2) is 48.1 Å². The third-order valence-electron chi connectivity index (χ3n) is 4.18. The Hall–Kier alpha value is -1.56. The van der Waals surface area contributed by atoms with E-state index in [-0.39, 0.29) is 0 Å². The van der Waals surface area contributed by atoms with E-state index in [9.17, 15) is 0 Å². The van der Waals surface area contributed by atoms with Gasteiger partial charge in [-0.15, -0.1) is 0 Å². The Morgan fingerprint density at radius 1 is 1.11 bits per heavy atom. The molecule has 1 aromatic rings. The molecule has 3 rings (SSSR count). The molecule has 2 aliphatic carbocycles. The highest BCUT2D eigenvalue weighted by Gasteiger charge is 2.17. The van der Waals surface area contributed by atoms with E-state index in [2.05, 4.69) is 49.4 Å². The Kier molecular flexibility index (Phi) is 3.68. The van der Waals surface area contributed by atoms with Gasteiger partial charge in [-0.3, -0.25) is 0 Å². The molecular formula is C19H22. The molecule has 0 fully saturated rings. The molecule has 98 valence electrons. The van der Waals surface area contributed by atoms with Gasteiger partial charge in [0.2, 0.25) is 0 Å². The molecule has 0 amide bonds. The second-order valence-electron chi connectivity index (χ2n) is 5.59. The summed E-state index contributed by atoms with van der Waals surface area (Å²) in [5.41, 5.74) is 7.44. The van der Waals surface area contributed by atoms with Crippen molar-refractivity contribution >= 4 is 5.57 Å². The highest BCUT2D eigenvalue weighted by molar-refractivity contribution is 5.85. The monoisotopic (exact) mass is 250 g/mol. The number of hydrogen-bond acceptors (Lipinski definition) is 0. The Balaban J connectivity index is 1.84. The molecule has 0 aliphatic heterocycles. The number of aryl methyl sites for hydroxylation is 1. The first-order chi connectivity index (χ1) is 9.38. The number of rotatable bonds is 4. The maximum atomic E-state index is 2.43. The van der Waals surface area contributed by atoms with Crippen LogP contribution in [0.25, 0.3) is 5.57 Å². The van der Waals surface area contributed by atoms with Gasteiger partial charge in [-0.1, -0.05) is 62.3 Å². The number of hydrogen-bond donors (Lipinski definition) is 0. The van der Waals surface area contributed by atoms with Crippen LogP contribution in [0, 0.1) is 0 Å². The van der Waals surface area contributed by atoms with Gasteiger partial charge in [0.15, 0.2) is 0 Å². The van der Waals surface area contributed by atoms with Gasteiger partial charge >= 0.3 is 0 Å². The molecule has 0 nitrogen and oxygen atoms in total. The summed E-state index contributed by atoms with van der Waals surface area (Å²) in [6, 6.07) is 7.10. The lowest BCUT2D eigenvalue weighted by Crippen LogP contribution is -2.04. The third-order valence-corrected chi connectivity index (χ3v) is 4.18. The van der Waals surface area contributed by atoms with Crippen LogP contribution in [0.3, 0.4) is 0 Å². The van der Waals surface area contributed by atoms with Crippen molar-refractivity contribution in [3.05, 3.63) is 64.8 Å². The second kappa shape index (κ2) is 5.61. The van der Waals surface area contributed by atoms with Crippen LogP contribution in [-0.4, -0.2) is 0 Å². The summed E-state index contributed by atoms with van der Waals surface area (Å²) in [5.74, 6) is 0. The Morgan fingerprint density at radius 3 is 2.95 bits per heavy atom. The van der Waals surface area contributed by atoms with Gasteiger partial charge in [-0.2, -0.15) is 0 Å². The molecule has 0 aromatic heterocycles. The fourth-order valence-corrected chi connectivity index (χ4v) is 3.08. The maximum absolute atomic E-state index is 2.43. The molecule has 19 heavy (non-hydrogen) atoms. The van der Waals surface area contributed by atoms with Crippen molar-refractivity contribution < 1.29 is 0 Å². The van der Waals surface area contributed by atoms with Crippen LogP contribution in [0.4, 0.5) is 0 Å². The summed E-state index contributed by atoms with van der Waals surface area (Å²) in [6.07, 6.45) is 16.5. The largest absolute Gasteiger partial charge is 0.0801 e. The minimum Gasteiger partial charge on any atom is -0.0801 e. The van der Waals surface area contributed by atoms with Crippen molar-refractivity contribution in [2.24, 2.45) is 0 Å². The number of fused-ring (bicyclic) bond motifs is 3. The Labute approximate surface area is 116 Å². The van der Waals surface area contributed by atoms with E-state index in [4.69, 9.17) is 0 Å². The summed E-state index contributed by atoms with van der Waals surface area (Å²) in [6.45, 7) is 2.27. The van der Waals surface area contributed by atoms with Gasteiger partial charge < -0.3 is 0 Å². The summed E-state index contributed by atoms with van der Waals surface area (Å²) in [7, 11) is 0. The standard InChI is InChI=1S/C19H22/c1-2-3-4-7-15-10-13-19-17(14-15)12-11-16-8-5-6-9-18(16)19/h5-6,9-11,13-14H,2-4,7-8,12H2,1H3. The minimum atomic E-state index is 1.10. The first kappa shape index (κ1) is 12.5. The van der Waals surface area contributed by atoms with Gasteiger partial charge in [0.25, 0.3) is 0 Å². The second-order valence-corrected chi connectivity index (χ2v) is 5.59. The van der Waals surface area contributed by atoms with Crippen LogP contribution in [0.1, 0.15) is 49.3 Å². The molecule has 2 aliphatic rings. The van der Waals surface area contributed by atoms with Gasteiger partial charge in [-0.05, 0) is 53.5 Å². The van der Waals surface area contributed by atoms with E-state index >= 15 is 0 Å². The van der Waals surface area contributed by atoms with Crippen molar-refractivity contribution in [2.45, 2.75) is 45.4 Å². The Bertz CT molecular complexity index is 555. The molecule has 0 saturated carbocycles. The lowest BCUT2D eigenvalue weighted by molar-refractivity contribution is 0.717. The quantitative estimate of drug-likeness (QED) is 0.641. The molecule has 0 saturated heterocycles. The number of benzene rings is 1. The predicted molar refractivity (Wildman–Crippen MR) is 83.2 cm³/mol. The average molecular weight is 250 g/mol. The molecular weight excluding hydrogens is 228 g/mol. The zero-order valence-corrected chi connectivity index (χ0v) is 11.8. The van der Waals surface area contributed by atoms with Crippen molar-refractivity contribution in [3.63, 3.8) is 0 Å². The summed E-state index contributed by atoms with van der Waals surface area (Å²) in [5, 5.41) is 0. The molecule has 0 spiro atoms. The maximum Gasteiger partial charge on any atom is -0.00850 e. The van der Waals surface area contributed by atoms with Gasteiger partial charge in [0.05, 0.1) is 0 Å². The normalized spacial score (nSPS) is 16.5. The van der Waals surface area contributed by atoms with Crippen LogP contribution in [0.5, 0.6) is 0 Å². The van der Waals surface area contributed by atoms with Gasteiger partial charge in [0, 0.05) is 0 Å². The number of unbranched alkanes of at least 4 members (excludes halogenated alkanes) is 2. The summed E-state index contributed by atoms with van der Waals surface area (Å²) < 4.78 is 0. The van der Waals surface area contributed by atoms with Crippen LogP contribution in [-0.2, 0) is 12.8 Å². The number of allylic oxidation sites excluding steroid dienone is 6. The molecule has 0 N–H and O–H groups in total. The van der Waals surface area contributed by atoms with E-state index in [1.807, 2.05) is 0 Å². The predicted octanol–water partition coefficient (Wildman–Crippen LogP) is 5.25. The lowest BCUT2D eigenvalue weighted by atomic mass is 9.82. The highest BCUT2D eigenvalue weighted by Crippen LogP contribution is 2.36. The van der Waals surface area contributed by atoms with Crippen LogP contribution >= 0.6 is 0 Å². The van der Waals surface area contributed by atoms with Crippen LogP contribution < -0.4 is 0 Å². The molecule has 0 atom stereocenters. The average Bonchev–Trinajstić information content (AvgIpc) is 2.47. The van der Waals surface area contributed by atoms with Gasteiger partial charge in [0.1, 0.15) is 0 Å². The van der Waals surface area contributed by atoms with Crippen molar-refractivity contribution in [3.8, 4) is 0 Å². The smallest absolute Gasteiger partial charge is 0.00850 e. The molecule has 0 heteroatoms. The van der Waals surface area contributed by atoms with E-state index in [0.717, 1.165) is 12.8 Å². The third kappa shape index (κ3) is 2.58. The molecule has 0 heterocycles. The van der Waals surface area contributed by atoms with Crippen molar-refractivity contribution in [1.82, 2.24) is 0 Å². The van der Waals surface area contributed by atoms with Crippen LogP contribution in [0.2, 0.25) is 0 Å². The molecule has 0 radical (unpaired) electrons. The van der Waals surface area contributed by atoms with E-state index in [1.165, 1.54) is 53.5 Å². The van der Waals surface area contributed by atoms with Crippen molar-refractivity contribution in [1.29, 1.82) is 0 Å². The van der Waals surface area contributed by atoms with Gasteiger partial charge in [-0.25, -0.2) is 0 Å². The fraction of sp³-hybridized carbons (Fsp3) is 0.368. The minimum absolute atomic E-state index is 1.10. The summed E-state index contributed by atoms with van der Waals surface area (Å²) >= 11 is 0. The highest BCUT2D eigenvalue weighted by atomic mass is 14.2. The van der Waals surface area contributed by atoms with E-state index < -0.39 is 0 Å². The van der Waals surface area contributed by atoms with E-state index in [0.29, 0.717) is 0 Å². The van der Waals surface area contributed by atoms with Crippen molar-refractivity contribution in [2.75, 3.05) is 0 Å². The lowest BCUT2D eigenvalue weighted by Gasteiger charge is -2.22. The topological polar surface area (TPSA) is 0 Å². The molecule has 0 unspecified atom stereocenters. The summed E-state index contributed by atoms with van der Waals surface area (Å²) in [4.78, 5) is 0.